The number of terminal acetylenes is 1. The first kappa shape index (κ1) is 11.7. The standard InChI is InChI=1S/C10H14O3/c1-4-7-9(13-8-5-2)10(11)12-6-3/h2,4,9H,1,6-8H2,3H3. The predicted octanol–water partition coefficient (Wildman–Crippen LogP) is 1.14. The molecule has 13 heavy (non-hydrogen) atoms. The number of carbonyl (C=O) groups is 1. The molecule has 0 aliphatic rings. The third kappa shape index (κ3) is 5.05. The predicted molar refractivity (Wildman–Crippen MR) is 50.0 cm³/mol. The number of hydrogen-bond donors (Lipinski definition) is 0. The van der Waals surface area contributed by atoms with Crippen molar-refractivity contribution in [3.63, 3.8) is 0 Å². The topological polar surface area (TPSA) is 35.5 Å². The van der Waals surface area contributed by atoms with Crippen molar-refractivity contribution >= 4 is 5.97 Å². The van der Waals surface area contributed by atoms with Gasteiger partial charge in [-0.3, -0.25) is 0 Å². The lowest BCUT2D eigenvalue weighted by Crippen LogP contribution is -2.26. The van der Waals surface area contributed by atoms with Gasteiger partial charge >= 0.3 is 5.97 Å². The summed E-state index contributed by atoms with van der Waals surface area (Å²) in [5.41, 5.74) is 0. The molecule has 3 nitrogen and oxygen atoms in total. The number of rotatable bonds is 6. The zero-order valence-corrected chi connectivity index (χ0v) is 7.79. The molecule has 0 aromatic rings. The van der Waals surface area contributed by atoms with Crippen LogP contribution in [0.1, 0.15) is 13.3 Å². The fourth-order valence-electron chi connectivity index (χ4n) is 0.768. The van der Waals surface area contributed by atoms with Crippen LogP contribution in [-0.4, -0.2) is 25.3 Å². The Kier molecular flexibility index (Phi) is 6.66. The van der Waals surface area contributed by atoms with Gasteiger partial charge in [0.15, 0.2) is 6.10 Å². The minimum Gasteiger partial charge on any atom is -0.464 e. The van der Waals surface area contributed by atoms with Gasteiger partial charge in [0.05, 0.1) is 6.61 Å². The Balaban J connectivity index is 3.99. The molecule has 0 radical (unpaired) electrons. The van der Waals surface area contributed by atoms with Crippen molar-refractivity contribution in [2.75, 3.05) is 13.2 Å². The number of hydrogen-bond acceptors (Lipinski definition) is 3. The van der Waals surface area contributed by atoms with E-state index in [-0.39, 0.29) is 6.61 Å². The van der Waals surface area contributed by atoms with Gasteiger partial charge in [-0.15, -0.1) is 13.0 Å². The maximum Gasteiger partial charge on any atom is 0.335 e. The van der Waals surface area contributed by atoms with E-state index in [0.717, 1.165) is 0 Å². The summed E-state index contributed by atoms with van der Waals surface area (Å²) >= 11 is 0. The van der Waals surface area contributed by atoms with Crippen LogP contribution >= 0.6 is 0 Å². The third-order valence-corrected chi connectivity index (χ3v) is 1.30. The molecule has 0 aliphatic carbocycles. The molecule has 0 amide bonds. The highest BCUT2D eigenvalue weighted by atomic mass is 16.6. The van der Waals surface area contributed by atoms with Gasteiger partial charge < -0.3 is 9.47 Å². The van der Waals surface area contributed by atoms with Crippen LogP contribution in [0.5, 0.6) is 0 Å². The summed E-state index contributed by atoms with van der Waals surface area (Å²) in [6.45, 7) is 5.70. The summed E-state index contributed by atoms with van der Waals surface area (Å²) in [7, 11) is 0. The highest BCUT2D eigenvalue weighted by Crippen LogP contribution is 2.01. The average molecular weight is 182 g/mol. The molecule has 0 fully saturated rings. The van der Waals surface area contributed by atoms with Gasteiger partial charge in [0.2, 0.25) is 0 Å². The SMILES string of the molecule is C#CCOC(CC=C)C(=O)OCC. The fraction of sp³-hybridized carbons (Fsp3) is 0.500. The first-order chi connectivity index (χ1) is 6.26. The van der Waals surface area contributed by atoms with Crippen molar-refractivity contribution in [2.45, 2.75) is 19.4 Å². The molecule has 0 spiro atoms. The molecule has 0 aliphatic heterocycles. The molecule has 0 N–H and O–H groups in total. The second-order valence-corrected chi connectivity index (χ2v) is 2.28. The Morgan fingerprint density at radius 2 is 2.46 bits per heavy atom. The molecular weight excluding hydrogens is 168 g/mol. The molecular formula is C10H14O3. The van der Waals surface area contributed by atoms with Crippen LogP contribution in [0.4, 0.5) is 0 Å². The summed E-state index contributed by atoms with van der Waals surface area (Å²) in [4.78, 5) is 11.2. The summed E-state index contributed by atoms with van der Waals surface area (Å²) < 4.78 is 9.84. The lowest BCUT2D eigenvalue weighted by atomic mass is 10.2. The first-order valence-corrected chi connectivity index (χ1v) is 4.08. The lowest BCUT2D eigenvalue weighted by Gasteiger charge is -2.12. The average Bonchev–Trinajstić information content (AvgIpc) is 2.12. The van der Waals surface area contributed by atoms with E-state index in [1.165, 1.54) is 0 Å². The second-order valence-electron chi connectivity index (χ2n) is 2.28. The Labute approximate surface area is 78.7 Å². The smallest absolute Gasteiger partial charge is 0.335 e. The van der Waals surface area contributed by atoms with Gasteiger partial charge in [-0.1, -0.05) is 12.0 Å². The highest BCUT2D eigenvalue weighted by Gasteiger charge is 2.17. The van der Waals surface area contributed by atoms with Gasteiger partial charge in [-0.2, -0.15) is 0 Å². The van der Waals surface area contributed by atoms with Crippen LogP contribution in [0, 0.1) is 12.3 Å². The van der Waals surface area contributed by atoms with Crippen molar-refractivity contribution in [2.24, 2.45) is 0 Å². The Hall–Kier alpha value is -1.27. The molecule has 72 valence electrons. The molecule has 0 saturated carbocycles. The summed E-state index contributed by atoms with van der Waals surface area (Å²) in [6.07, 6.45) is 6.39. The van der Waals surface area contributed by atoms with Crippen LogP contribution < -0.4 is 0 Å². The molecule has 0 bridgehead atoms. The molecule has 0 saturated heterocycles. The minimum absolute atomic E-state index is 0.108. The van der Waals surface area contributed by atoms with Gasteiger partial charge in [0.25, 0.3) is 0 Å². The van der Waals surface area contributed by atoms with Crippen molar-refractivity contribution < 1.29 is 14.3 Å². The number of ether oxygens (including phenoxy) is 2. The van der Waals surface area contributed by atoms with Crippen LogP contribution in [0.25, 0.3) is 0 Å². The van der Waals surface area contributed by atoms with Gasteiger partial charge in [0.1, 0.15) is 6.61 Å². The maximum atomic E-state index is 11.2. The van der Waals surface area contributed by atoms with E-state index in [0.29, 0.717) is 13.0 Å². The summed E-state index contributed by atoms with van der Waals surface area (Å²) in [5.74, 6) is 1.90. The highest BCUT2D eigenvalue weighted by molar-refractivity contribution is 5.74. The van der Waals surface area contributed by atoms with E-state index < -0.39 is 12.1 Å². The van der Waals surface area contributed by atoms with Crippen molar-refractivity contribution in [1.29, 1.82) is 0 Å². The molecule has 0 rings (SSSR count). The Morgan fingerprint density at radius 3 is 2.92 bits per heavy atom. The van der Waals surface area contributed by atoms with E-state index >= 15 is 0 Å². The quantitative estimate of drug-likeness (QED) is 0.351. The van der Waals surface area contributed by atoms with Crippen molar-refractivity contribution in [3.8, 4) is 12.3 Å². The van der Waals surface area contributed by atoms with Gasteiger partial charge in [-0.05, 0) is 6.92 Å². The zero-order valence-electron chi connectivity index (χ0n) is 7.79. The monoisotopic (exact) mass is 182 g/mol. The van der Waals surface area contributed by atoms with Crippen molar-refractivity contribution in [1.82, 2.24) is 0 Å². The van der Waals surface area contributed by atoms with E-state index in [1.54, 1.807) is 13.0 Å². The molecule has 1 atom stereocenters. The molecule has 0 aromatic carbocycles. The summed E-state index contributed by atoms with van der Waals surface area (Å²) in [6, 6.07) is 0. The minimum atomic E-state index is -0.617. The Bertz CT molecular complexity index is 203. The van der Waals surface area contributed by atoms with Crippen LogP contribution in [0.2, 0.25) is 0 Å². The first-order valence-electron chi connectivity index (χ1n) is 4.08. The van der Waals surface area contributed by atoms with Gasteiger partial charge in [-0.25, -0.2) is 4.79 Å². The van der Waals surface area contributed by atoms with Crippen molar-refractivity contribution in [3.05, 3.63) is 12.7 Å². The normalized spacial score (nSPS) is 11.4. The van der Waals surface area contributed by atoms with Crippen LogP contribution in [0.3, 0.4) is 0 Å². The van der Waals surface area contributed by atoms with Gasteiger partial charge in [0, 0.05) is 6.42 Å². The molecule has 1 unspecified atom stereocenters. The van der Waals surface area contributed by atoms with Crippen LogP contribution in [-0.2, 0) is 14.3 Å². The van der Waals surface area contributed by atoms with E-state index in [9.17, 15) is 4.79 Å². The largest absolute Gasteiger partial charge is 0.464 e. The molecule has 3 heteroatoms. The molecule has 0 aromatic heterocycles. The third-order valence-electron chi connectivity index (χ3n) is 1.30. The van der Waals surface area contributed by atoms with E-state index in [1.807, 2.05) is 0 Å². The second kappa shape index (κ2) is 7.38. The number of esters is 1. The molecule has 0 heterocycles. The Morgan fingerprint density at radius 1 is 1.77 bits per heavy atom. The fourth-order valence-corrected chi connectivity index (χ4v) is 0.768. The maximum absolute atomic E-state index is 11.2. The zero-order chi connectivity index (χ0) is 10.1. The summed E-state index contributed by atoms with van der Waals surface area (Å²) in [5, 5.41) is 0. The van der Waals surface area contributed by atoms with E-state index in [4.69, 9.17) is 15.9 Å². The van der Waals surface area contributed by atoms with Crippen LogP contribution in [0.15, 0.2) is 12.7 Å². The number of carbonyl (C=O) groups excluding carboxylic acids is 1. The van der Waals surface area contributed by atoms with E-state index in [2.05, 4.69) is 12.5 Å². The lowest BCUT2D eigenvalue weighted by molar-refractivity contribution is -0.155.